The minimum Gasteiger partial charge on any atom is -0.489 e. The van der Waals surface area contributed by atoms with E-state index in [0.717, 1.165) is 33.0 Å². The zero-order chi connectivity index (χ0) is 20.1. The minimum atomic E-state index is 0.574. The second-order valence-electron chi connectivity index (χ2n) is 6.80. The maximum atomic E-state index is 5.85. The number of ether oxygens (including phenoxy) is 1. The first-order chi connectivity index (χ1) is 14.2. The van der Waals surface area contributed by atoms with Crippen LogP contribution in [0.3, 0.4) is 0 Å². The highest BCUT2D eigenvalue weighted by molar-refractivity contribution is 9.10. The first-order valence-corrected chi connectivity index (χ1v) is 10.3. The van der Waals surface area contributed by atoms with Gasteiger partial charge in [0.1, 0.15) is 12.4 Å². The van der Waals surface area contributed by atoms with Crippen molar-refractivity contribution >= 4 is 21.9 Å². The summed E-state index contributed by atoms with van der Waals surface area (Å²) in [7, 11) is 2.02. The molecule has 0 unspecified atom stereocenters. The number of nitrogens with zero attached hydrogens (tertiary/aromatic N) is 2. The van der Waals surface area contributed by atoms with E-state index in [1.54, 1.807) is 0 Å². The Labute approximate surface area is 179 Å². The quantitative estimate of drug-likeness (QED) is 0.375. The van der Waals surface area contributed by atoms with Gasteiger partial charge in [-0.1, -0.05) is 70.5 Å². The Balaban J connectivity index is 1.35. The third-order valence-corrected chi connectivity index (χ3v) is 5.28. The minimum absolute atomic E-state index is 0.574. The summed E-state index contributed by atoms with van der Waals surface area (Å²) >= 11 is 3.48. The molecule has 0 aliphatic carbocycles. The summed E-state index contributed by atoms with van der Waals surface area (Å²) < 4.78 is 8.99. The molecule has 0 saturated carbocycles. The van der Waals surface area contributed by atoms with E-state index in [1.807, 2.05) is 55.7 Å². The number of hydrogen-bond acceptors (Lipinski definition) is 3. The van der Waals surface area contributed by atoms with Gasteiger partial charge in [0.05, 0.1) is 11.9 Å². The number of hydrogen-bond donors (Lipinski definition) is 1. The van der Waals surface area contributed by atoms with E-state index in [-0.39, 0.29) is 0 Å². The fourth-order valence-electron chi connectivity index (χ4n) is 3.09. The van der Waals surface area contributed by atoms with Crippen LogP contribution in [0.15, 0.2) is 89.5 Å². The average molecular weight is 448 g/mol. The lowest BCUT2D eigenvalue weighted by atomic mass is 10.2. The van der Waals surface area contributed by atoms with Crippen molar-refractivity contribution in [2.24, 2.45) is 7.05 Å². The lowest BCUT2D eigenvalue weighted by Gasteiger charge is -2.10. The Morgan fingerprint density at radius 2 is 1.62 bits per heavy atom. The molecule has 4 rings (SSSR count). The van der Waals surface area contributed by atoms with Crippen LogP contribution in [0, 0.1) is 0 Å². The van der Waals surface area contributed by atoms with Crippen LogP contribution in [0.2, 0.25) is 0 Å². The summed E-state index contributed by atoms with van der Waals surface area (Å²) in [5.74, 6) is 1.71. The van der Waals surface area contributed by atoms with Crippen molar-refractivity contribution in [2.45, 2.75) is 13.2 Å². The molecule has 0 aliphatic heterocycles. The van der Waals surface area contributed by atoms with E-state index >= 15 is 0 Å². The highest BCUT2D eigenvalue weighted by Gasteiger charge is 2.08. The number of halogens is 1. The Morgan fingerprint density at radius 3 is 2.34 bits per heavy atom. The number of aromatic nitrogens is 2. The van der Waals surface area contributed by atoms with Crippen molar-refractivity contribution in [1.82, 2.24) is 9.55 Å². The first-order valence-electron chi connectivity index (χ1n) is 9.46. The fraction of sp³-hybridized carbons (Fsp3) is 0.125. The second kappa shape index (κ2) is 8.97. The molecule has 4 aromatic rings. The van der Waals surface area contributed by atoms with E-state index in [0.29, 0.717) is 13.2 Å². The number of imidazole rings is 1. The second-order valence-corrected chi connectivity index (χ2v) is 7.72. The van der Waals surface area contributed by atoms with Crippen LogP contribution in [-0.2, 0) is 20.2 Å². The molecule has 1 N–H and O–H groups in total. The highest BCUT2D eigenvalue weighted by atomic mass is 79.9. The fourth-order valence-corrected chi connectivity index (χ4v) is 3.35. The van der Waals surface area contributed by atoms with Crippen LogP contribution in [0.5, 0.6) is 5.75 Å². The normalized spacial score (nSPS) is 10.7. The molecule has 0 bridgehead atoms. The van der Waals surface area contributed by atoms with Gasteiger partial charge in [-0.25, -0.2) is 4.98 Å². The molecule has 0 spiro atoms. The van der Waals surface area contributed by atoms with Gasteiger partial charge in [0.15, 0.2) is 0 Å². The first kappa shape index (κ1) is 19.3. The van der Waals surface area contributed by atoms with Gasteiger partial charge in [0, 0.05) is 18.1 Å². The predicted octanol–water partition coefficient (Wildman–Crippen LogP) is 6.04. The SMILES string of the molecule is Cn1c(-c2ccc(Br)cc2)cnc1NCc1ccc(OCc2ccccc2)cc1. The average Bonchev–Trinajstić information content (AvgIpc) is 3.13. The number of anilines is 1. The summed E-state index contributed by atoms with van der Waals surface area (Å²) in [6, 6.07) is 26.6. The highest BCUT2D eigenvalue weighted by Crippen LogP contribution is 2.24. The van der Waals surface area contributed by atoms with Gasteiger partial charge < -0.3 is 14.6 Å². The molecule has 1 heterocycles. The van der Waals surface area contributed by atoms with E-state index in [2.05, 4.69) is 67.2 Å². The number of nitrogens with one attached hydrogen (secondary N) is 1. The maximum absolute atomic E-state index is 5.85. The molecular weight excluding hydrogens is 426 g/mol. The van der Waals surface area contributed by atoms with Crippen molar-refractivity contribution in [3.63, 3.8) is 0 Å². The Morgan fingerprint density at radius 1 is 0.897 bits per heavy atom. The lowest BCUT2D eigenvalue weighted by Crippen LogP contribution is -2.05. The summed E-state index contributed by atoms with van der Waals surface area (Å²) in [6.07, 6.45) is 1.89. The molecule has 0 saturated heterocycles. The van der Waals surface area contributed by atoms with Crippen LogP contribution in [-0.4, -0.2) is 9.55 Å². The molecule has 29 heavy (non-hydrogen) atoms. The van der Waals surface area contributed by atoms with Crippen molar-refractivity contribution < 1.29 is 4.74 Å². The monoisotopic (exact) mass is 447 g/mol. The zero-order valence-corrected chi connectivity index (χ0v) is 17.8. The molecular formula is C24H22BrN3O. The maximum Gasteiger partial charge on any atom is 0.203 e. The summed E-state index contributed by atoms with van der Waals surface area (Å²) in [5.41, 5.74) is 4.54. The lowest BCUT2D eigenvalue weighted by molar-refractivity contribution is 0.306. The number of benzene rings is 3. The Kier molecular flexibility index (Phi) is 5.96. The van der Waals surface area contributed by atoms with E-state index in [1.165, 1.54) is 5.56 Å². The number of rotatable bonds is 7. The third-order valence-electron chi connectivity index (χ3n) is 4.75. The Bertz CT molecular complexity index is 1060. The standard InChI is InChI=1S/C24H22BrN3O/c1-28-23(20-9-11-21(25)12-10-20)16-27-24(28)26-15-18-7-13-22(14-8-18)29-17-19-5-3-2-4-6-19/h2-14,16H,15,17H2,1H3,(H,26,27). The van der Waals surface area contributed by atoms with Gasteiger partial charge in [0.2, 0.25) is 5.95 Å². The topological polar surface area (TPSA) is 39.1 Å². The molecule has 0 fully saturated rings. The van der Waals surface area contributed by atoms with Gasteiger partial charge in [-0.15, -0.1) is 0 Å². The summed E-state index contributed by atoms with van der Waals surface area (Å²) in [6.45, 7) is 1.27. The van der Waals surface area contributed by atoms with Crippen LogP contribution >= 0.6 is 15.9 Å². The molecule has 146 valence electrons. The molecule has 0 aliphatic rings. The van der Waals surface area contributed by atoms with Crippen LogP contribution in [0.1, 0.15) is 11.1 Å². The molecule has 5 heteroatoms. The zero-order valence-electron chi connectivity index (χ0n) is 16.2. The summed E-state index contributed by atoms with van der Waals surface area (Å²) in [5, 5.41) is 3.41. The molecule has 0 amide bonds. The molecule has 4 nitrogen and oxygen atoms in total. The largest absolute Gasteiger partial charge is 0.489 e. The van der Waals surface area contributed by atoms with E-state index in [4.69, 9.17) is 4.74 Å². The van der Waals surface area contributed by atoms with Gasteiger partial charge in [0.25, 0.3) is 0 Å². The Hall–Kier alpha value is -3.05. The van der Waals surface area contributed by atoms with Crippen molar-refractivity contribution in [2.75, 3.05) is 5.32 Å². The van der Waals surface area contributed by atoms with E-state index in [9.17, 15) is 0 Å². The van der Waals surface area contributed by atoms with Crippen molar-refractivity contribution in [3.8, 4) is 17.0 Å². The van der Waals surface area contributed by atoms with Gasteiger partial charge in [-0.05, 0) is 41.0 Å². The predicted molar refractivity (Wildman–Crippen MR) is 121 cm³/mol. The van der Waals surface area contributed by atoms with Gasteiger partial charge in [-0.3, -0.25) is 0 Å². The van der Waals surface area contributed by atoms with Crippen LogP contribution in [0.4, 0.5) is 5.95 Å². The smallest absolute Gasteiger partial charge is 0.203 e. The van der Waals surface area contributed by atoms with Gasteiger partial charge in [-0.2, -0.15) is 0 Å². The van der Waals surface area contributed by atoms with Crippen LogP contribution < -0.4 is 10.1 Å². The molecule has 0 atom stereocenters. The molecule has 3 aromatic carbocycles. The van der Waals surface area contributed by atoms with E-state index < -0.39 is 0 Å². The molecule has 1 aromatic heterocycles. The third kappa shape index (κ3) is 4.87. The van der Waals surface area contributed by atoms with Crippen molar-refractivity contribution in [3.05, 3.63) is 101 Å². The summed E-state index contributed by atoms with van der Waals surface area (Å²) in [4.78, 5) is 4.53. The molecule has 0 radical (unpaired) electrons. The van der Waals surface area contributed by atoms with Crippen molar-refractivity contribution in [1.29, 1.82) is 0 Å². The van der Waals surface area contributed by atoms with Crippen LogP contribution in [0.25, 0.3) is 11.3 Å². The van der Waals surface area contributed by atoms with Gasteiger partial charge >= 0.3 is 0 Å².